The lowest BCUT2D eigenvalue weighted by molar-refractivity contribution is 0.519. The minimum Gasteiger partial charge on any atom is -0.461 e. The fourth-order valence-corrected chi connectivity index (χ4v) is 5.00. The summed E-state index contributed by atoms with van der Waals surface area (Å²) < 4.78 is 36.1. The van der Waals surface area contributed by atoms with Crippen LogP contribution in [0.25, 0.3) is 11.6 Å². The molecule has 0 saturated carbocycles. The van der Waals surface area contributed by atoms with E-state index in [0.29, 0.717) is 34.5 Å². The van der Waals surface area contributed by atoms with Crippen LogP contribution in [0.15, 0.2) is 45.9 Å². The number of sulfonamides is 1. The summed E-state index contributed by atoms with van der Waals surface area (Å²) in [5, 5.41) is 4.71. The Bertz CT molecular complexity index is 1210. The van der Waals surface area contributed by atoms with Crippen LogP contribution in [-0.2, 0) is 29.7 Å². The van der Waals surface area contributed by atoms with Crippen LogP contribution in [0.3, 0.4) is 0 Å². The third-order valence-corrected chi connectivity index (χ3v) is 7.57. The highest BCUT2D eigenvalue weighted by Gasteiger charge is 2.24. The predicted molar refractivity (Wildman–Crippen MR) is 117 cm³/mol. The molecular weight excluding hydrogens is 422 g/mol. The average molecular weight is 448 g/mol. The monoisotopic (exact) mass is 447 g/mol. The van der Waals surface area contributed by atoms with Crippen LogP contribution in [0.2, 0.25) is 0 Å². The SMILES string of the molecule is CCn1c(-c2ccco2)nn(CN2CCCc3cc(S(=O)(=O)N(C)C)ccc32)c1=S. The number of furan rings is 1. The van der Waals surface area contributed by atoms with Crippen molar-refractivity contribution < 1.29 is 12.8 Å². The summed E-state index contributed by atoms with van der Waals surface area (Å²) in [5.74, 6) is 1.39. The highest BCUT2D eigenvalue weighted by molar-refractivity contribution is 7.89. The second kappa shape index (κ2) is 8.01. The molecular formula is C20H25N5O3S2. The molecule has 10 heteroatoms. The van der Waals surface area contributed by atoms with Gasteiger partial charge in [0.25, 0.3) is 0 Å². The maximum Gasteiger partial charge on any atom is 0.242 e. The highest BCUT2D eigenvalue weighted by Crippen LogP contribution is 2.31. The first-order valence-corrected chi connectivity index (χ1v) is 11.7. The summed E-state index contributed by atoms with van der Waals surface area (Å²) in [6.45, 7) is 4.06. The summed E-state index contributed by atoms with van der Waals surface area (Å²) in [7, 11) is -0.367. The molecule has 0 atom stereocenters. The van der Waals surface area contributed by atoms with Gasteiger partial charge >= 0.3 is 0 Å². The van der Waals surface area contributed by atoms with E-state index in [0.717, 1.165) is 30.6 Å². The van der Waals surface area contributed by atoms with Crippen molar-refractivity contribution in [1.82, 2.24) is 18.7 Å². The van der Waals surface area contributed by atoms with Crippen LogP contribution in [0, 0.1) is 4.77 Å². The van der Waals surface area contributed by atoms with Crippen LogP contribution >= 0.6 is 12.2 Å². The molecule has 0 aliphatic carbocycles. The van der Waals surface area contributed by atoms with Crippen LogP contribution < -0.4 is 4.90 Å². The molecule has 30 heavy (non-hydrogen) atoms. The van der Waals surface area contributed by atoms with Gasteiger partial charge in [0.05, 0.1) is 11.2 Å². The molecule has 4 rings (SSSR count). The Balaban J connectivity index is 1.68. The molecule has 1 aliphatic rings. The number of aromatic nitrogens is 3. The Morgan fingerprint density at radius 1 is 1.27 bits per heavy atom. The summed E-state index contributed by atoms with van der Waals surface area (Å²) in [6.07, 6.45) is 3.40. The van der Waals surface area contributed by atoms with Gasteiger partial charge < -0.3 is 9.32 Å². The van der Waals surface area contributed by atoms with Gasteiger partial charge in [-0.05, 0) is 67.9 Å². The minimum atomic E-state index is -3.46. The number of benzene rings is 1. The van der Waals surface area contributed by atoms with Crippen molar-refractivity contribution in [2.45, 2.75) is 37.9 Å². The Kier molecular flexibility index (Phi) is 5.56. The molecule has 0 radical (unpaired) electrons. The molecule has 0 saturated heterocycles. The molecule has 0 fully saturated rings. The van der Waals surface area contributed by atoms with Crippen molar-refractivity contribution in [2.24, 2.45) is 0 Å². The van der Waals surface area contributed by atoms with E-state index in [1.807, 2.05) is 29.7 Å². The van der Waals surface area contributed by atoms with E-state index in [4.69, 9.17) is 21.7 Å². The van der Waals surface area contributed by atoms with E-state index in [-0.39, 0.29) is 0 Å². The van der Waals surface area contributed by atoms with Gasteiger partial charge in [0.2, 0.25) is 10.0 Å². The number of nitrogens with zero attached hydrogens (tertiary/aromatic N) is 5. The van der Waals surface area contributed by atoms with Gasteiger partial charge in [-0.15, -0.1) is 5.10 Å². The Morgan fingerprint density at radius 2 is 2.07 bits per heavy atom. The van der Waals surface area contributed by atoms with Crippen molar-refractivity contribution in [1.29, 1.82) is 0 Å². The van der Waals surface area contributed by atoms with Gasteiger partial charge in [0, 0.05) is 32.9 Å². The molecule has 8 nitrogen and oxygen atoms in total. The number of anilines is 1. The first-order valence-electron chi connectivity index (χ1n) is 9.85. The van der Waals surface area contributed by atoms with Crippen molar-refractivity contribution in [3.63, 3.8) is 0 Å². The molecule has 0 bridgehead atoms. The Morgan fingerprint density at radius 3 is 2.73 bits per heavy atom. The minimum absolute atomic E-state index is 0.320. The van der Waals surface area contributed by atoms with Gasteiger partial charge in [0.15, 0.2) is 16.4 Å². The van der Waals surface area contributed by atoms with Gasteiger partial charge in [-0.3, -0.25) is 4.57 Å². The van der Waals surface area contributed by atoms with Crippen LogP contribution in [0.5, 0.6) is 0 Å². The normalized spacial score (nSPS) is 14.3. The number of hydrogen-bond donors (Lipinski definition) is 0. The lowest BCUT2D eigenvalue weighted by Gasteiger charge is -2.31. The van der Waals surface area contributed by atoms with Crippen LogP contribution in [0.1, 0.15) is 18.9 Å². The zero-order valence-electron chi connectivity index (χ0n) is 17.3. The zero-order chi connectivity index (χ0) is 21.5. The third-order valence-electron chi connectivity index (χ3n) is 5.33. The van der Waals surface area contributed by atoms with Crippen LogP contribution in [-0.4, -0.2) is 47.7 Å². The molecule has 0 unspecified atom stereocenters. The van der Waals surface area contributed by atoms with E-state index >= 15 is 0 Å². The Hall–Kier alpha value is -2.43. The summed E-state index contributed by atoms with van der Waals surface area (Å²) >= 11 is 5.66. The second-order valence-electron chi connectivity index (χ2n) is 7.41. The van der Waals surface area contributed by atoms with Gasteiger partial charge in [-0.2, -0.15) is 0 Å². The average Bonchev–Trinajstić information content (AvgIpc) is 3.36. The predicted octanol–water partition coefficient (Wildman–Crippen LogP) is 3.35. The van der Waals surface area contributed by atoms with Gasteiger partial charge in [0.1, 0.15) is 6.67 Å². The maximum absolute atomic E-state index is 12.5. The number of hydrogen-bond acceptors (Lipinski definition) is 6. The number of rotatable bonds is 6. The fourth-order valence-electron chi connectivity index (χ4n) is 3.74. The summed E-state index contributed by atoms with van der Waals surface area (Å²) in [4.78, 5) is 2.51. The topological polar surface area (TPSA) is 76.5 Å². The summed E-state index contributed by atoms with van der Waals surface area (Å²) in [5.41, 5.74) is 2.04. The molecule has 0 amide bonds. The molecule has 3 heterocycles. The lowest BCUT2D eigenvalue weighted by atomic mass is 10.0. The lowest BCUT2D eigenvalue weighted by Crippen LogP contribution is -2.32. The molecule has 160 valence electrons. The van der Waals surface area contributed by atoms with E-state index < -0.39 is 10.0 Å². The van der Waals surface area contributed by atoms with E-state index in [9.17, 15) is 8.42 Å². The number of aryl methyl sites for hydroxylation is 1. The molecule has 0 N–H and O–H groups in total. The second-order valence-corrected chi connectivity index (χ2v) is 9.93. The maximum atomic E-state index is 12.5. The van der Waals surface area contributed by atoms with E-state index in [1.165, 1.54) is 4.31 Å². The van der Waals surface area contributed by atoms with Gasteiger partial charge in [-0.1, -0.05) is 0 Å². The first kappa shape index (κ1) is 20.8. The molecule has 0 spiro atoms. The quantitative estimate of drug-likeness (QED) is 0.540. The number of fused-ring (bicyclic) bond motifs is 1. The van der Waals surface area contributed by atoms with Crippen molar-refractivity contribution in [2.75, 3.05) is 25.5 Å². The largest absolute Gasteiger partial charge is 0.461 e. The molecule has 2 aromatic heterocycles. The Labute approximate surface area is 181 Å². The summed E-state index contributed by atoms with van der Waals surface area (Å²) in [6, 6.07) is 9.05. The standard InChI is InChI=1S/C20H25N5O3S2/c1-4-24-19(18-8-6-12-28-18)21-25(20(24)29)14-23-11-5-7-15-13-16(9-10-17(15)23)30(26,27)22(2)3/h6,8-10,12-13H,4-5,7,11,14H2,1-3H3. The van der Waals surface area contributed by atoms with E-state index in [2.05, 4.69) is 4.90 Å². The molecule has 1 aliphatic heterocycles. The first-order chi connectivity index (χ1) is 14.3. The third kappa shape index (κ3) is 3.59. The van der Waals surface area contributed by atoms with E-state index in [1.54, 1.807) is 37.2 Å². The van der Waals surface area contributed by atoms with Crippen molar-refractivity contribution >= 4 is 27.9 Å². The molecule has 3 aromatic rings. The van der Waals surface area contributed by atoms with Crippen LogP contribution in [0.4, 0.5) is 5.69 Å². The highest BCUT2D eigenvalue weighted by atomic mass is 32.2. The van der Waals surface area contributed by atoms with Crippen molar-refractivity contribution in [3.05, 3.63) is 46.9 Å². The van der Waals surface area contributed by atoms with Crippen molar-refractivity contribution in [3.8, 4) is 11.6 Å². The van der Waals surface area contributed by atoms with Gasteiger partial charge in [-0.25, -0.2) is 17.4 Å². The fraction of sp³-hybridized carbons (Fsp3) is 0.400. The molecule has 1 aromatic carbocycles. The zero-order valence-corrected chi connectivity index (χ0v) is 18.9. The smallest absolute Gasteiger partial charge is 0.242 e.